The minimum Gasteiger partial charge on any atom is -0.363 e. The minimum absolute atomic E-state index is 0.194. The SMILES string of the molecule is Fc1cnc(NCc2ccccc2)nc1NCc1ccccc1. The number of rotatable bonds is 6. The van der Waals surface area contributed by atoms with E-state index in [-0.39, 0.29) is 5.82 Å². The van der Waals surface area contributed by atoms with E-state index < -0.39 is 5.82 Å². The van der Waals surface area contributed by atoms with Gasteiger partial charge in [-0.2, -0.15) is 4.98 Å². The highest BCUT2D eigenvalue weighted by Gasteiger charge is 2.06. The van der Waals surface area contributed by atoms with Crippen LogP contribution in [-0.4, -0.2) is 9.97 Å². The van der Waals surface area contributed by atoms with Gasteiger partial charge in [-0.05, 0) is 11.1 Å². The summed E-state index contributed by atoms with van der Waals surface area (Å²) in [5, 5.41) is 6.10. The van der Waals surface area contributed by atoms with Gasteiger partial charge in [-0.3, -0.25) is 0 Å². The Morgan fingerprint density at radius 2 is 1.35 bits per heavy atom. The van der Waals surface area contributed by atoms with Gasteiger partial charge in [0.25, 0.3) is 0 Å². The Morgan fingerprint density at radius 3 is 1.96 bits per heavy atom. The molecule has 0 fully saturated rings. The molecule has 0 saturated heterocycles. The molecule has 0 radical (unpaired) electrons. The number of anilines is 2. The van der Waals surface area contributed by atoms with Crippen LogP contribution in [0.15, 0.2) is 66.9 Å². The highest BCUT2D eigenvalue weighted by atomic mass is 19.1. The summed E-state index contributed by atoms with van der Waals surface area (Å²) < 4.78 is 13.8. The summed E-state index contributed by atoms with van der Waals surface area (Å²) in [7, 11) is 0. The van der Waals surface area contributed by atoms with Crippen molar-refractivity contribution in [2.75, 3.05) is 10.6 Å². The van der Waals surface area contributed by atoms with Crippen molar-refractivity contribution in [1.82, 2.24) is 9.97 Å². The summed E-state index contributed by atoms with van der Waals surface area (Å²) in [6, 6.07) is 19.7. The Kier molecular flexibility index (Phi) is 4.79. The molecule has 0 bridgehead atoms. The van der Waals surface area contributed by atoms with Crippen LogP contribution in [0.25, 0.3) is 0 Å². The zero-order valence-electron chi connectivity index (χ0n) is 12.5. The van der Waals surface area contributed by atoms with E-state index in [0.29, 0.717) is 19.0 Å². The summed E-state index contributed by atoms with van der Waals surface area (Å²) >= 11 is 0. The van der Waals surface area contributed by atoms with E-state index in [1.54, 1.807) is 0 Å². The number of nitrogens with one attached hydrogen (secondary N) is 2. The fraction of sp³-hybridized carbons (Fsp3) is 0.111. The molecule has 2 N–H and O–H groups in total. The van der Waals surface area contributed by atoms with Gasteiger partial charge in [0.05, 0.1) is 6.20 Å². The molecular formula is C18H17FN4. The first-order chi connectivity index (χ1) is 11.3. The topological polar surface area (TPSA) is 49.8 Å². The molecule has 1 heterocycles. The number of aromatic nitrogens is 2. The molecule has 0 aliphatic heterocycles. The smallest absolute Gasteiger partial charge is 0.225 e. The van der Waals surface area contributed by atoms with Gasteiger partial charge in [0.2, 0.25) is 5.95 Å². The van der Waals surface area contributed by atoms with Gasteiger partial charge in [0.1, 0.15) is 0 Å². The maximum Gasteiger partial charge on any atom is 0.225 e. The predicted molar refractivity (Wildman–Crippen MR) is 89.5 cm³/mol. The van der Waals surface area contributed by atoms with Crippen molar-refractivity contribution in [2.45, 2.75) is 13.1 Å². The van der Waals surface area contributed by atoms with Crippen molar-refractivity contribution < 1.29 is 4.39 Å². The van der Waals surface area contributed by atoms with E-state index in [1.165, 1.54) is 6.20 Å². The Hall–Kier alpha value is -2.95. The average Bonchev–Trinajstić information content (AvgIpc) is 2.62. The lowest BCUT2D eigenvalue weighted by atomic mass is 10.2. The normalized spacial score (nSPS) is 10.3. The van der Waals surface area contributed by atoms with Crippen LogP contribution in [0.1, 0.15) is 11.1 Å². The van der Waals surface area contributed by atoms with Crippen LogP contribution in [0.3, 0.4) is 0 Å². The summed E-state index contributed by atoms with van der Waals surface area (Å²) in [6.07, 6.45) is 1.17. The standard InChI is InChI=1S/C18H17FN4/c19-16-13-22-18(21-12-15-9-5-2-6-10-15)23-17(16)20-11-14-7-3-1-4-8-14/h1-10,13H,11-12H2,(H2,20,21,22,23). The van der Waals surface area contributed by atoms with Crippen molar-refractivity contribution in [3.63, 3.8) is 0 Å². The lowest BCUT2D eigenvalue weighted by Crippen LogP contribution is -2.08. The van der Waals surface area contributed by atoms with Gasteiger partial charge in [-0.25, -0.2) is 9.37 Å². The van der Waals surface area contributed by atoms with E-state index in [9.17, 15) is 4.39 Å². The van der Waals surface area contributed by atoms with Crippen LogP contribution in [0.5, 0.6) is 0 Å². The maximum absolute atomic E-state index is 13.8. The van der Waals surface area contributed by atoms with Crippen LogP contribution in [0.2, 0.25) is 0 Å². The lowest BCUT2D eigenvalue weighted by molar-refractivity contribution is 0.617. The Balaban J connectivity index is 1.64. The maximum atomic E-state index is 13.8. The van der Waals surface area contributed by atoms with Crippen molar-refractivity contribution in [3.8, 4) is 0 Å². The molecule has 23 heavy (non-hydrogen) atoms. The zero-order chi connectivity index (χ0) is 15.9. The van der Waals surface area contributed by atoms with Crippen LogP contribution < -0.4 is 10.6 Å². The Labute approximate surface area is 134 Å². The highest BCUT2D eigenvalue weighted by Crippen LogP contribution is 2.14. The van der Waals surface area contributed by atoms with Crippen LogP contribution in [-0.2, 0) is 13.1 Å². The van der Waals surface area contributed by atoms with Gasteiger partial charge >= 0.3 is 0 Å². The first kappa shape index (κ1) is 15.0. The van der Waals surface area contributed by atoms with Crippen LogP contribution in [0, 0.1) is 5.82 Å². The third kappa shape index (κ3) is 4.26. The second-order valence-corrected chi connectivity index (χ2v) is 5.07. The largest absolute Gasteiger partial charge is 0.363 e. The summed E-state index contributed by atoms with van der Waals surface area (Å²) in [5.74, 6) is 0.122. The van der Waals surface area contributed by atoms with Crippen molar-refractivity contribution in [3.05, 3.63) is 83.8 Å². The molecule has 3 aromatic rings. The second kappa shape index (κ2) is 7.35. The molecule has 4 nitrogen and oxygen atoms in total. The van der Waals surface area contributed by atoms with Crippen molar-refractivity contribution >= 4 is 11.8 Å². The van der Waals surface area contributed by atoms with E-state index in [1.807, 2.05) is 60.7 Å². The number of nitrogens with zero attached hydrogens (tertiary/aromatic N) is 2. The van der Waals surface area contributed by atoms with E-state index in [0.717, 1.165) is 11.1 Å². The first-order valence-corrected chi connectivity index (χ1v) is 7.39. The van der Waals surface area contributed by atoms with Crippen LogP contribution >= 0.6 is 0 Å². The minimum atomic E-state index is -0.466. The molecule has 0 spiro atoms. The van der Waals surface area contributed by atoms with Gasteiger partial charge in [0.15, 0.2) is 11.6 Å². The molecule has 0 aliphatic carbocycles. The molecule has 0 saturated carbocycles. The zero-order valence-corrected chi connectivity index (χ0v) is 12.5. The average molecular weight is 308 g/mol. The lowest BCUT2D eigenvalue weighted by Gasteiger charge is -2.09. The Morgan fingerprint density at radius 1 is 0.783 bits per heavy atom. The molecule has 0 unspecified atom stereocenters. The fourth-order valence-corrected chi connectivity index (χ4v) is 2.13. The fourth-order valence-electron chi connectivity index (χ4n) is 2.13. The summed E-state index contributed by atoms with van der Waals surface area (Å²) in [4.78, 5) is 8.17. The monoisotopic (exact) mass is 308 g/mol. The van der Waals surface area contributed by atoms with E-state index in [4.69, 9.17) is 0 Å². The third-order valence-electron chi connectivity index (χ3n) is 3.34. The van der Waals surface area contributed by atoms with Crippen molar-refractivity contribution in [1.29, 1.82) is 0 Å². The van der Waals surface area contributed by atoms with Crippen molar-refractivity contribution in [2.24, 2.45) is 0 Å². The van der Waals surface area contributed by atoms with E-state index in [2.05, 4.69) is 20.6 Å². The number of benzene rings is 2. The molecule has 5 heteroatoms. The summed E-state index contributed by atoms with van der Waals surface area (Å²) in [5.41, 5.74) is 2.17. The van der Waals surface area contributed by atoms with Gasteiger partial charge < -0.3 is 10.6 Å². The molecule has 0 aliphatic rings. The number of hydrogen-bond acceptors (Lipinski definition) is 4. The van der Waals surface area contributed by atoms with Gasteiger partial charge in [-0.1, -0.05) is 60.7 Å². The van der Waals surface area contributed by atoms with Gasteiger partial charge in [0, 0.05) is 13.1 Å². The van der Waals surface area contributed by atoms with Crippen LogP contribution in [0.4, 0.5) is 16.2 Å². The molecule has 0 atom stereocenters. The highest BCUT2D eigenvalue weighted by molar-refractivity contribution is 5.42. The van der Waals surface area contributed by atoms with E-state index >= 15 is 0 Å². The quantitative estimate of drug-likeness (QED) is 0.726. The molecule has 2 aromatic carbocycles. The molecule has 0 amide bonds. The van der Waals surface area contributed by atoms with Gasteiger partial charge in [-0.15, -0.1) is 0 Å². The second-order valence-electron chi connectivity index (χ2n) is 5.07. The number of halogens is 1. The molecular weight excluding hydrogens is 291 g/mol. The predicted octanol–water partition coefficient (Wildman–Crippen LogP) is 3.84. The molecule has 3 rings (SSSR count). The first-order valence-electron chi connectivity index (χ1n) is 7.39. The molecule has 116 valence electrons. The number of hydrogen-bond donors (Lipinski definition) is 2. The Bertz CT molecular complexity index is 747. The third-order valence-corrected chi connectivity index (χ3v) is 3.34. The molecule has 1 aromatic heterocycles. The summed E-state index contributed by atoms with van der Waals surface area (Å²) in [6.45, 7) is 1.09.